The first-order chi connectivity index (χ1) is 8.97. The summed E-state index contributed by atoms with van der Waals surface area (Å²) in [7, 11) is 0. The Morgan fingerprint density at radius 2 is 2.11 bits per heavy atom. The zero-order chi connectivity index (χ0) is 13.9. The van der Waals surface area contributed by atoms with Crippen LogP contribution in [0.3, 0.4) is 0 Å². The Labute approximate surface area is 115 Å². The van der Waals surface area contributed by atoms with Gasteiger partial charge in [-0.05, 0) is 38.1 Å². The van der Waals surface area contributed by atoms with Crippen LogP contribution in [0.1, 0.15) is 13.8 Å². The summed E-state index contributed by atoms with van der Waals surface area (Å²) in [4.78, 5) is 16.2. The number of nitrogens with zero attached hydrogens (tertiary/aromatic N) is 1. The molecule has 1 aliphatic rings. The number of carbonyl (C=O) groups excluding carboxylic acids is 1. The van der Waals surface area contributed by atoms with E-state index in [4.69, 9.17) is 4.74 Å². The molecule has 6 heteroatoms. The minimum Gasteiger partial charge on any atom is -0.478 e. The molecule has 0 unspecified atom stereocenters. The number of halogens is 1. The SMILES string of the molecule is CC(C)(Oc1ccc(F)cc1)C(=O)NC1=NCCS1. The number of amidine groups is 1. The van der Waals surface area contributed by atoms with Crippen LogP contribution in [-0.2, 0) is 4.79 Å². The number of hydrogen-bond donors (Lipinski definition) is 1. The maximum Gasteiger partial charge on any atom is 0.269 e. The summed E-state index contributed by atoms with van der Waals surface area (Å²) in [5.74, 6) is 0.716. The fourth-order valence-electron chi connectivity index (χ4n) is 1.50. The van der Waals surface area contributed by atoms with Gasteiger partial charge in [-0.2, -0.15) is 0 Å². The molecular weight excluding hydrogens is 267 g/mol. The molecule has 0 atom stereocenters. The van der Waals surface area contributed by atoms with Crippen molar-refractivity contribution in [3.8, 4) is 5.75 Å². The zero-order valence-corrected chi connectivity index (χ0v) is 11.6. The number of thioether (sulfide) groups is 1. The standard InChI is InChI=1S/C13H15FN2O2S/c1-13(2,11(17)16-12-15-7-8-19-12)18-10-5-3-9(14)4-6-10/h3-6H,7-8H2,1-2H3,(H,15,16,17). The first-order valence-electron chi connectivity index (χ1n) is 5.91. The van der Waals surface area contributed by atoms with Crippen LogP contribution in [0.25, 0.3) is 0 Å². The molecule has 0 saturated carbocycles. The van der Waals surface area contributed by atoms with Gasteiger partial charge in [0.2, 0.25) is 0 Å². The van der Waals surface area contributed by atoms with E-state index in [0.29, 0.717) is 10.9 Å². The van der Waals surface area contributed by atoms with Crippen LogP contribution in [0.5, 0.6) is 5.75 Å². The van der Waals surface area contributed by atoms with Gasteiger partial charge in [0.15, 0.2) is 10.8 Å². The van der Waals surface area contributed by atoms with Crippen molar-refractivity contribution >= 4 is 22.8 Å². The van der Waals surface area contributed by atoms with E-state index in [1.807, 2.05) is 0 Å². The minimum absolute atomic E-state index is 0.273. The summed E-state index contributed by atoms with van der Waals surface area (Å²) in [5, 5.41) is 3.35. The van der Waals surface area contributed by atoms with Crippen molar-refractivity contribution in [2.24, 2.45) is 4.99 Å². The van der Waals surface area contributed by atoms with E-state index in [9.17, 15) is 9.18 Å². The molecule has 0 radical (unpaired) electrons. The summed E-state index contributed by atoms with van der Waals surface area (Å²) in [5.41, 5.74) is -1.05. The maximum atomic E-state index is 12.8. The number of rotatable bonds is 3. The van der Waals surface area contributed by atoms with Gasteiger partial charge in [0.25, 0.3) is 5.91 Å². The highest BCUT2D eigenvalue weighted by molar-refractivity contribution is 8.14. The quantitative estimate of drug-likeness (QED) is 0.924. The van der Waals surface area contributed by atoms with Crippen molar-refractivity contribution in [1.29, 1.82) is 0 Å². The van der Waals surface area contributed by atoms with E-state index in [2.05, 4.69) is 10.3 Å². The number of hydrogen-bond acceptors (Lipinski definition) is 4. The Bertz CT molecular complexity index is 500. The predicted molar refractivity (Wildman–Crippen MR) is 74.0 cm³/mol. The van der Waals surface area contributed by atoms with Crippen LogP contribution < -0.4 is 10.1 Å². The second-order valence-electron chi connectivity index (χ2n) is 4.56. The van der Waals surface area contributed by atoms with Crippen LogP contribution in [0.4, 0.5) is 4.39 Å². The normalized spacial score (nSPS) is 15.0. The molecule has 0 spiro atoms. The van der Waals surface area contributed by atoms with E-state index >= 15 is 0 Å². The number of aliphatic imine (C=N–C) groups is 1. The van der Waals surface area contributed by atoms with Crippen LogP contribution in [-0.4, -0.2) is 29.0 Å². The number of nitrogens with one attached hydrogen (secondary N) is 1. The molecular formula is C13H15FN2O2S. The van der Waals surface area contributed by atoms with Gasteiger partial charge >= 0.3 is 0 Å². The van der Waals surface area contributed by atoms with Gasteiger partial charge in [0, 0.05) is 5.75 Å². The van der Waals surface area contributed by atoms with E-state index in [1.165, 1.54) is 36.0 Å². The van der Waals surface area contributed by atoms with Gasteiger partial charge < -0.3 is 10.1 Å². The first-order valence-corrected chi connectivity index (χ1v) is 6.89. The monoisotopic (exact) mass is 282 g/mol. The van der Waals surface area contributed by atoms with E-state index in [1.54, 1.807) is 13.8 Å². The smallest absolute Gasteiger partial charge is 0.269 e. The second-order valence-corrected chi connectivity index (χ2v) is 5.64. The molecule has 102 valence electrons. The van der Waals surface area contributed by atoms with Crippen molar-refractivity contribution in [2.45, 2.75) is 19.4 Å². The fourth-order valence-corrected chi connectivity index (χ4v) is 2.23. The van der Waals surface area contributed by atoms with Gasteiger partial charge in [-0.1, -0.05) is 11.8 Å². The van der Waals surface area contributed by atoms with Crippen LogP contribution >= 0.6 is 11.8 Å². The zero-order valence-electron chi connectivity index (χ0n) is 10.8. The molecule has 1 heterocycles. The maximum absolute atomic E-state index is 12.8. The summed E-state index contributed by atoms with van der Waals surface area (Å²) < 4.78 is 18.4. The molecule has 0 fully saturated rings. The van der Waals surface area contributed by atoms with E-state index in [0.717, 1.165) is 12.3 Å². The Hall–Kier alpha value is -1.56. The minimum atomic E-state index is -1.05. The summed E-state index contributed by atoms with van der Waals surface area (Å²) in [6.07, 6.45) is 0. The Balaban J connectivity index is 2.00. The number of amides is 1. The second kappa shape index (κ2) is 5.61. The molecule has 0 bridgehead atoms. The number of benzene rings is 1. The Morgan fingerprint density at radius 1 is 1.42 bits per heavy atom. The van der Waals surface area contributed by atoms with Gasteiger partial charge in [0.05, 0.1) is 6.54 Å². The highest BCUT2D eigenvalue weighted by Gasteiger charge is 2.31. The lowest BCUT2D eigenvalue weighted by molar-refractivity contribution is -0.132. The molecule has 1 aromatic rings. The first kappa shape index (κ1) is 13.9. The highest BCUT2D eigenvalue weighted by atomic mass is 32.2. The van der Waals surface area contributed by atoms with E-state index in [-0.39, 0.29) is 11.7 Å². The third-order valence-electron chi connectivity index (χ3n) is 2.54. The van der Waals surface area contributed by atoms with Crippen molar-refractivity contribution in [3.63, 3.8) is 0 Å². The predicted octanol–water partition coefficient (Wildman–Crippen LogP) is 2.20. The van der Waals surface area contributed by atoms with Gasteiger partial charge in [-0.3, -0.25) is 9.79 Å². The number of carbonyl (C=O) groups is 1. The third kappa shape index (κ3) is 3.70. The van der Waals surface area contributed by atoms with Gasteiger partial charge in [-0.15, -0.1) is 0 Å². The average Bonchev–Trinajstić information content (AvgIpc) is 2.84. The van der Waals surface area contributed by atoms with Crippen molar-refractivity contribution < 1.29 is 13.9 Å². The summed E-state index contributed by atoms with van der Waals surface area (Å²) in [6.45, 7) is 4.04. The van der Waals surface area contributed by atoms with Crippen molar-refractivity contribution in [2.75, 3.05) is 12.3 Å². The molecule has 4 nitrogen and oxygen atoms in total. The molecule has 0 aliphatic carbocycles. The molecule has 1 N–H and O–H groups in total. The lowest BCUT2D eigenvalue weighted by Crippen LogP contribution is -2.47. The molecule has 2 rings (SSSR count). The molecule has 0 aromatic heterocycles. The summed E-state index contributed by atoms with van der Waals surface area (Å²) >= 11 is 1.51. The molecule has 19 heavy (non-hydrogen) atoms. The highest BCUT2D eigenvalue weighted by Crippen LogP contribution is 2.19. The summed E-state index contributed by atoms with van der Waals surface area (Å²) in [6, 6.07) is 5.57. The van der Waals surface area contributed by atoms with Crippen LogP contribution in [0, 0.1) is 5.82 Å². The lowest BCUT2D eigenvalue weighted by Gasteiger charge is -2.25. The van der Waals surface area contributed by atoms with Gasteiger partial charge in [-0.25, -0.2) is 4.39 Å². The largest absolute Gasteiger partial charge is 0.478 e. The molecule has 1 amide bonds. The third-order valence-corrected chi connectivity index (χ3v) is 3.43. The topological polar surface area (TPSA) is 50.7 Å². The average molecular weight is 282 g/mol. The van der Waals surface area contributed by atoms with Crippen molar-refractivity contribution in [1.82, 2.24) is 5.32 Å². The number of ether oxygens (including phenoxy) is 1. The lowest BCUT2D eigenvalue weighted by atomic mass is 10.1. The Morgan fingerprint density at radius 3 is 2.68 bits per heavy atom. The van der Waals surface area contributed by atoms with E-state index < -0.39 is 5.60 Å². The molecule has 0 saturated heterocycles. The van der Waals surface area contributed by atoms with Crippen LogP contribution in [0.2, 0.25) is 0 Å². The fraction of sp³-hybridized carbons (Fsp3) is 0.385. The Kier molecular flexibility index (Phi) is 4.09. The van der Waals surface area contributed by atoms with Gasteiger partial charge in [0.1, 0.15) is 11.6 Å². The van der Waals surface area contributed by atoms with Crippen LogP contribution in [0.15, 0.2) is 29.3 Å². The molecule has 1 aromatic carbocycles. The molecule has 1 aliphatic heterocycles. The van der Waals surface area contributed by atoms with Crippen molar-refractivity contribution in [3.05, 3.63) is 30.1 Å².